The van der Waals surface area contributed by atoms with Gasteiger partial charge in [-0.05, 0) is 25.5 Å². The Labute approximate surface area is 151 Å². The first-order chi connectivity index (χ1) is 12.5. The fraction of sp³-hybridized carbons (Fsp3) is 0.238. The van der Waals surface area contributed by atoms with Gasteiger partial charge in [-0.2, -0.15) is 0 Å². The lowest BCUT2D eigenvalue weighted by Gasteiger charge is -2.29. The Morgan fingerprint density at radius 2 is 1.62 bits per heavy atom. The van der Waals surface area contributed by atoms with E-state index in [-0.39, 0.29) is 11.8 Å². The molecule has 1 aliphatic heterocycles. The second kappa shape index (κ2) is 6.11. The number of carbonyl (C=O) groups is 2. The maximum absolute atomic E-state index is 13.3. The lowest BCUT2D eigenvalue weighted by Crippen LogP contribution is -2.43. The van der Waals surface area contributed by atoms with Gasteiger partial charge in [0.2, 0.25) is 0 Å². The Hall–Kier alpha value is -2.92. The van der Waals surface area contributed by atoms with Crippen molar-refractivity contribution in [3.05, 3.63) is 53.6 Å². The molecule has 0 spiro atoms. The van der Waals surface area contributed by atoms with Gasteiger partial charge in [0.15, 0.2) is 0 Å². The molecule has 0 bridgehead atoms. The number of likely N-dealkylation sites (N-methyl/N-ethyl adjacent to an activating group) is 1. The van der Waals surface area contributed by atoms with Crippen molar-refractivity contribution in [1.82, 2.24) is 9.80 Å². The summed E-state index contributed by atoms with van der Waals surface area (Å²) < 4.78 is 5.65. The van der Waals surface area contributed by atoms with Gasteiger partial charge in [-0.3, -0.25) is 14.5 Å². The second-order valence-corrected chi connectivity index (χ2v) is 6.75. The van der Waals surface area contributed by atoms with Crippen LogP contribution in [0.4, 0.5) is 0 Å². The van der Waals surface area contributed by atoms with Gasteiger partial charge >= 0.3 is 0 Å². The normalized spacial score (nSPS) is 13.9. The van der Waals surface area contributed by atoms with Crippen molar-refractivity contribution in [3.63, 3.8) is 0 Å². The Bertz CT molecular complexity index is 1060. The first-order valence-electron chi connectivity index (χ1n) is 8.57. The largest absolute Gasteiger partial charge is 0.495 e. The monoisotopic (exact) mass is 348 g/mol. The van der Waals surface area contributed by atoms with E-state index >= 15 is 0 Å². The molecule has 132 valence electrons. The minimum atomic E-state index is -0.243. The highest BCUT2D eigenvalue weighted by atomic mass is 16.5. The minimum absolute atomic E-state index is 0.237. The van der Waals surface area contributed by atoms with Crippen LogP contribution in [-0.2, 0) is 0 Å². The third kappa shape index (κ3) is 2.28. The number of hydrogen-bond acceptors (Lipinski definition) is 4. The predicted molar refractivity (Wildman–Crippen MR) is 102 cm³/mol. The molecule has 0 aliphatic carbocycles. The van der Waals surface area contributed by atoms with E-state index in [0.29, 0.717) is 35.4 Å². The summed E-state index contributed by atoms with van der Waals surface area (Å²) in [6, 6.07) is 13.2. The standard InChI is InChI=1S/C21H20N2O3/c1-22(2)11-12-23-20(24)16-10-6-9-15-17(16)18(21(23)25)13-7-4-5-8-14(13)19(15)26-3/h4-10H,11-12H2,1-3H3. The smallest absolute Gasteiger partial charge is 0.262 e. The number of ether oxygens (including phenoxy) is 1. The highest BCUT2D eigenvalue weighted by Gasteiger charge is 2.35. The van der Waals surface area contributed by atoms with Crippen molar-refractivity contribution in [2.75, 3.05) is 34.3 Å². The molecule has 0 saturated carbocycles. The van der Waals surface area contributed by atoms with E-state index in [2.05, 4.69) is 0 Å². The molecular formula is C21H20N2O3. The van der Waals surface area contributed by atoms with Crippen LogP contribution in [0.15, 0.2) is 42.5 Å². The van der Waals surface area contributed by atoms with Gasteiger partial charge < -0.3 is 9.64 Å². The van der Waals surface area contributed by atoms with E-state index in [4.69, 9.17) is 4.74 Å². The zero-order valence-corrected chi connectivity index (χ0v) is 15.1. The molecule has 0 aromatic heterocycles. The van der Waals surface area contributed by atoms with Crippen LogP contribution in [0.1, 0.15) is 20.7 Å². The van der Waals surface area contributed by atoms with E-state index in [1.807, 2.05) is 55.4 Å². The quantitative estimate of drug-likeness (QED) is 0.537. The maximum Gasteiger partial charge on any atom is 0.262 e. The molecule has 0 N–H and O–H groups in total. The number of benzene rings is 3. The van der Waals surface area contributed by atoms with Crippen molar-refractivity contribution in [2.24, 2.45) is 0 Å². The van der Waals surface area contributed by atoms with Crippen molar-refractivity contribution in [3.8, 4) is 5.75 Å². The van der Waals surface area contributed by atoms with Crippen LogP contribution in [0.5, 0.6) is 5.75 Å². The number of carbonyl (C=O) groups excluding carboxylic acids is 2. The number of hydrogen-bond donors (Lipinski definition) is 0. The molecule has 5 nitrogen and oxygen atoms in total. The number of methoxy groups -OCH3 is 1. The van der Waals surface area contributed by atoms with Gasteiger partial charge in [0.25, 0.3) is 11.8 Å². The fourth-order valence-corrected chi connectivity index (χ4v) is 3.69. The van der Waals surface area contributed by atoms with Crippen LogP contribution >= 0.6 is 0 Å². The van der Waals surface area contributed by atoms with Gasteiger partial charge in [-0.25, -0.2) is 0 Å². The molecule has 0 fully saturated rings. The van der Waals surface area contributed by atoms with Gasteiger partial charge in [-0.1, -0.05) is 36.4 Å². The summed E-state index contributed by atoms with van der Waals surface area (Å²) in [7, 11) is 5.47. The average molecular weight is 348 g/mol. The molecule has 4 rings (SSSR count). The molecule has 0 unspecified atom stereocenters. The van der Waals surface area contributed by atoms with Crippen LogP contribution < -0.4 is 4.74 Å². The Balaban J connectivity index is 2.07. The van der Waals surface area contributed by atoms with E-state index in [1.165, 1.54) is 4.90 Å². The minimum Gasteiger partial charge on any atom is -0.495 e. The summed E-state index contributed by atoms with van der Waals surface area (Å²) in [5.74, 6) is 0.218. The summed E-state index contributed by atoms with van der Waals surface area (Å²) in [6.45, 7) is 0.984. The third-order valence-corrected chi connectivity index (χ3v) is 4.91. The van der Waals surface area contributed by atoms with Crippen LogP contribution in [0.25, 0.3) is 21.5 Å². The average Bonchev–Trinajstić information content (AvgIpc) is 2.64. The van der Waals surface area contributed by atoms with Crippen LogP contribution in [-0.4, -0.2) is 55.9 Å². The van der Waals surface area contributed by atoms with Gasteiger partial charge in [-0.15, -0.1) is 0 Å². The van der Waals surface area contributed by atoms with E-state index < -0.39 is 0 Å². The lowest BCUT2D eigenvalue weighted by atomic mass is 9.89. The highest BCUT2D eigenvalue weighted by molar-refractivity contribution is 6.31. The molecule has 2 amide bonds. The molecule has 26 heavy (non-hydrogen) atoms. The first kappa shape index (κ1) is 16.5. The number of rotatable bonds is 4. The zero-order valence-electron chi connectivity index (χ0n) is 15.1. The molecule has 0 atom stereocenters. The van der Waals surface area contributed by atoms with Crippen molar-refractivity contribution in [2.45, 2.75) is 0 Å². The fourth-order valence-electron chi connectivity index (χ4n) is 3.69. The second-order valence-electron chi connectivity index (χ2n) is 6.75. The molecule has 5 heteroatoms. The number of imide groups is 1. The topological polar surface area (TPSA) is 49.9 Å². The molecule has 1 aliphatic rings. The highest BCUT2D eigenvalue weighted by Crippen LogP contribution is 2.42. The van der Waals surface area contributed by atoms with Gasteiger partial charge in [0.1, 0.15) is 5.75 Å². The van der Waals surface area contributed by atoms with Gasteiger partial charge in [0, 0.05) is 34.8 Å². The molecule has 3 aromatic carbocycles. The van der Waals surface area contributed by atoms with Crippen LogP contribution in [0.3, 0.4) is 0 Å². The van der Waals surface area contributed by atoms with Crippen LogP contribution in [0, 0.1) is 0 Å². The summed E-state index contributed by atoms with van der Waals surface area (Å²) in [6.07, 6.45) is 0. The third-order valence-electron chi connectivity index (χ3n) is 4.91. The Morgan fingerprint density at radius 3 is 2.31 bits per heavy atom. The Kier molecular flexibility index (Phi) is 3.89. The molecular weight excluding hydrogens is 328 g/mol. The Morgan fingerprint density at radius 1 is 0.923 bits per heavy atom. The van der Waals surface area contributed by atoms with Crippen LogP contribution in [0.2, 0.25) is 0 Å². The molecule has 1 heterocycles. The lowest BCUT2D eigenvalue weighted by molar-refractivity contribution is 0.0602. The van der Waals surface area contributed by atoms with Crippen molar-refractivity contribution >= 4 is 33.4 Å². The number of nitrogens with zero attached hydrogens (tertiary/aromatic N) is 2. The maximum atomic E-state index is 13.3. The summed E-state index contributed by atoms with van der Waals surface area (Å²) >= 11 is 0. The van der Waals surface area contributed by atoms with Crippen molar-refractivity contribution in [1.29, 1.82) is 0 Å². The van der Waals surface area contributed by atoms with E-state index in [1.54, 1.807) is 13.2 Å². The number of fused-ring (bicyclic) bond motifs is 2. The summed E-state index contributed by atoms with van der Waals surface area (Å²) in [4.78, 5) is 29.6. The zero-order chi connectivity index (χ0) is 18.4. The number of amides is 2. The van der Waals surface area contributed by atoms with E-state index in [0.717, 1.165) is 16.2 Å². The first-order valence-corrected chi connectivity index (χ1v) is 8.57. The SMILES string of the molecule is COc1c2ccccc2c2c3c(cccc13)C(=O)N(CCN(C)C)C2=O. The summed E-state index contributed by atoms with van der Waals surface area (Å²) in [5, 5.41) is 3.19. The molecule has 3 aromatic rings. The molecule has 0 radical (unpaired) electrons. The van der Waals surface area contributed by atoms with Crippen molar-refractivity contribution < 1.29 is 14.3 Å². The van der Waals surface area contributed by atoms with E-state index in [9.17, 15) is 9.59 Å². The molecule has 0 saturated heterocycles. The summed E-state index contributed by atoms with van der Waals surface area (Å²) in [5.41, 5.74) is 1.14. The predicted octanol–water partition coefficient (Wildman–Crippen LogP) is 3.16. The van der Waals surface area contributed by atoms with Gasteiger partial charge in [0.05, 0.1) is 12.7 Å².